The summed E-state index contributed by atoms with van der Waals surface area (Å²) in [6.07, 6.45) is 3.41. The summed E-state index contributed by atoms with van der Waals surface area (Å²) < 4.78 is 15.4. The van der Waals surface area contributed by atoms with Crippen molar-refractivity contribution in [2.24, 2.45) is 0 Å². The van der Waals surface area contributed by atoms with Crippen molar-refractivity contribution in [2.75, 3.05) is 18.0 Å². The molecule has 1 saturated heterocycles. The number of halogens is 4. The molecule has 1 aliphatic heterocycles. The molecule has 0 unspecified atom stereocenters. The van der Waals surface area contributed by atoms with Gasteiger partial charge in [-0.05, 0) is 77.7 Å². The van der Waals surface area contributed by atoms with Gasteiger partial charge in [0, 0.05) is 21.7 Å². The van der Waals surface area contributed by atoms with E-state index in [1.807, 2.05) is 40.8 Å². The van der Waals surface area contributed by atoms with Gasteiger partial charge in [0.25, 0.3) is 5.91 Å². The molecule has 4 rings (SSSR count). The molecule has 29 heavy (non-hydrogen) atoms. The molecular weight excluding hydrogens is 527 g/mol. The van der Waals surface area contributed by atoms with E-state index in [0.717, 1.165) is 28.3 Å². The molecule has 2 aromatic carbocycles. The second kappa shape index (κ2) is 9.55. The van der Waals surface area contributed by atoms with Gasteiger partial charge in [-0.25, -0.2) is 9.37 Å². The lowest BCUT2D eigenvalue weighted by Gasteiger charge is -2.34. The Morgan fingerprint density at radius 3 is 2.83 bits per heavy atom. The fraction of sp³-hybridized carbons (Fsp3) is 0.238. The molecule has 3 aromatic rings. The van der Waals surface area contributed by atoms with Crippen molar-refractivity contribution in [3.05, 3.63) is 68.6 Å². The Morgan fingerprint density at radius 1 is 1.28 bits per heavy atom. The van der Waals surface area contributed by atoms with Crippen LogP contribution in [0.3, 0.4) is 0 Å². The van der Waals surface area contributed by atoms with Crippen LogP contribution in [0.4, 0.5) is 10.2 Å². The largest absolute Gasteiger partial charge is 0.315 e. The summed E-state index contributed by atoms with van der Waals surface area (Å²) in [4.78, 5) is 19.6. The minimum atomic E-state index is -0.531. The topological polar surface area (TPSA) is 45.2 Å². The third-order valence-electron chi connectivity index (χ3n) is 4.96. The van der Waals surface area contributed by atoms with Crippen LogP contribution < -0.4 is 10.2 Å². The molecule has 1 aromatic heterocycles. The van der Waals surface area contributed by atoms with Crippen molar-refractivity contribution in [3.8, 4) is 0 Å². The van der Waals surface area contributed by atoms with E-state index in [1.165, 1.54) is 12.1 Å². The molecule has 0 spiro atoms. The molecule has 0 aliphatic carbocycles. The number of anilines is 1. The molecule has 1 N–H and O–H groups in total. The molecule has 152 valence electrons. The summed E-state index contributed by atoms with van der Waals surface area (Å²) in [6.45, 7) is 1.53. The highest BCUT2D eigenvalue weighted by Gasteiger charge is 2.31. The number of benzene rings is 2. The number of nitrogens with one attached hydrogen (secondary N) is 1. The van der Waals surface area contributed by atoms with Gasteiger partial charge in [-0.3, -0.25) is 9.69 Å². The number of hydrogen-bond acceptors (Lipinski definition) is 3. The maximum atomic E-state index is 14.6. The number of carbonyl (C=O) groups is 1. The van der Waals surface area contributed by atoms with Gasteiger partial charge in [-0.2, -0.15) is 0 Å². The van der Waals surface area contributed by atoms with Gasteiger partial charge in [-0.15, -0.1) is 12.4 Å². The average Bonchev–Trinajstić information content (AvgIpc) is 2.69. The van der Waals surface area contributed by atoms with Gasteiger partial charge >= 0.3 is 0 Å². The highest BCUT2D eigenvalue weighted by Crippen LogP contribution is 2.34. The molecule has 0 radical (unpaired) electrons. The van der Waals surface area contributed by atoms with Crippen molar-refractivity contribution >= 4 is 69.1 Å². The summed E-state index contributed by atoms with van der Waals surface area (Å²) in [5.74, 6) is -0.459. The summed E-state index contributed by atoms with van der Waals surface area (Å²) in [5.41, 5.74) is 0.0387. The molecule has 0 saturated carbocycles. The predicted octanol–water partition coefficient (Wildman–Crippen LogP) is 5.45. The predicted molar refractivity (Wildman–Crippen MR) is 126 cm³/mol. The van der Waals surface area contributed by atoms with E-state index in [9.17, 15) is 9.18 Å². The number of aromatic nitrogens is 1. The van der Waals surface area contributed by atoms with Gasteiger partial charge in [0.05, 0.1) is 16.6 Å². The number of piperidine rings is 1. The van der Waals surface area contributed by atoms with Gasteiger partial charge in [0.15, 0.2) is 0 Å². The molecular formula is C21H19Cl2FIN3O. The van der Waals surface area contributed by atoms with Crippen LogP contribution in [0.5, 0.6) is 0 Å². The second-order valence-corrected chi connectivity index (χ2v) is 8.42. The Kier molecular flexibility index (Phi) is 7.32. The molecule has 1 aliphatic rings. The number of nitrogens with zero attached hydrogens (tertiary/aromatic N) is 2. The maximum Gasteiger partial charge on any atom is 0.262 e. The Balaban J connectivity index is 0.00000240. The summed E-state index contributed by atoms with van der Waals surface area (Å²) >= 11 is 8.51. The Morgan fingerprint density at radius 2 is 2.10 bits per heavy atom. The third kappa shape index (κ3) is 4.50. The number of hydrogen-bond donors (Lipinski definition) is 1. The number of amides is 1. The molecule has 4 nitrogen and oxygen atoms in total. The quantitative estimate of drug-likeness (QED) is 0.445. The first kappa shape index (κ1) is 22.2. The van der Waals surface area contributed by atoms with E-state index in [2.05, 4.69) is 10.3 Å². The zero-order chi connectivity index (χ0) is 19.7. The Labute approximate surface area is 193 Å². The monoisotopic (exact) mass is 545 g/mol. The Hall–Kier alpha value is -1.48. The number of rotatable bonds is 3. The number of carbonyl (C=O) groups excluding carboxylic acids is 1. The highest BCUT2D eigenvalue weighted by atomic mass is 127. The van der Waals surface area contributed by atoms with Crippen LogP contribution >= 0.6 is 46.6 Å². The molecule has 8 heteroatoms. The van der Waals surface area contributed by atoms with E-state index in [-0.39, 0.29) is 24.0 Å². The first-order valence-corrected chi connectivity index (χ1v) is 10.5. The van der Waals surface area contributed by atoms with Crippen molar-refractivity contribution in [1.82, 2.24) is 10.3 Å². The molecule has 1 fully saturated rings. The SMILES string of the molecule is Cl.O=C(c1ccc(I)cc1F)N(c1nccc2cccc(Cl)c12)[C@@H]1CCCNC1. The highest BCUT2D eigenvalue weighted by molar-refractivity contribution is 14.1. The van der Waals surface area contributed by atoms with E-state index >= 15 is 0 Å². The van der Waals surface area contributed by atoms with Crippen LogP contribution in [0.25, 0.3) is 10.8 Å². The van der Waals surface area contributed by atoms with Crippen LogP contribution in [0.1, 0.15) is 23.2 Å². The van der Waals surface area contributed by atoms with Crippen LogP contribution in [-0.4, -0.2) is 30.0 Å². The lowest BCUT2D eigenvalue weighted by atomic mass is 10.0. The first-order valence-electron chi connectivity index (χ1n) is 9.09. The van der Waals surface area contributed by atoms with Gasteiger partial charge in [0.2, 0.25) is 0 Å². The lowest BCUT2D eigenvalue weighted by molar-refractivity contribution is 0.0968. The Bertz CT molecular complexity index is 1040. The second-order valence-electron chi connectivity index (χ2n) is 6.77. The summed E-state index contributed by atoms with van der Waals surface area (Å²) in [5, 5.41) is 5.44. The zero-order valence-electron chi connectivity index (χ0n) is 15.4. The maximum absolute atomic E-state index is 14.6. The molecule has 0 bridgehead atoms. The van der Waals surface area contributed by atoms with Crippen LogP contribution in [0.2, 0.25) is 5.02 Å². The standard InChI is InChI=1S/C21H18ClFIN3O.ClH/c22-17-5-1-3-13-8-10-26-20(19(13)17)27(15-4-2-9-25-12-15)21(28)16-7-6-14(24)11-18(16)23;/h1,3,5-8,10-11,15,25H,2,4,9,12H2;1H/t15-;/m1./s1. The van der Waals surface area contributed by atoms with Crippen LogP contribution in [-0.2, 0) is 0 Å². The normalized spacial score (nSPS) is 16.3. The van der Waals surface area contributed by atoms with Gasteiger partial charge in [0.1, 0.15) is 11.6 Å². The fourth-order valence-corrected chi connectivity index (χ4v) is 4.35. The molecule has 1 amide bonds. The summed E-state index contributed by atoms with van der Waals surface area (Å²) in [6, 6.07) is 11.9. The fourth-order valence-electron chi connectivity index (χ4n) is 3.63. The third-order valence-corrected chi connectivity index (χ3v) is 5.95. The van der Waals surface area contributed by atoms with Crippen molar-refractivity contribution < 1.29 is 9.18 Å². The van der Waals surface area contributed by atoms with Crippen LogP contribution in [0, 0.1) is 9.39 Å². The van der Waals surface area contributed by atoms with Gasteiger partial charge in [-0.1, -0.05) is 23.7 Å². The van der Waals surface area contributed by atoms with Crippen molar-refractivity contribution in [3.63, 3.8) is 0 Å². The van der Waals surface area contributed by atoms with E-state index in [1.54, 1.807) is 23.2 Å². The number of pyridine rings is 1. The van der Waals surface area contributed by atoms with E-state index < -0.39 is 11.7 Å². The lowest BCUT2D eigenvalue weighted by Crippen LogP contribution is -2.49. The zero-order valence-corrected chi connectivity index (χ0v) is 19.1. The smallest absolute Gasteiger partial charge is 0.262 e. The first-order chi connectivity index (χ1) is 13.6. The number of fused-ring (bicyclic) bond motifs is 1. The molecule has 1 atom stereocenters. The minimum absolute atomic E-state index is 0. The van der Waals surface area contributed by atoms with E-state index in [4.69, 9.17) is 11.6 Å². The van der Waals surface area contributed by atoms with Crippen LogP contribution in [0.15, 0.2) is 48.7 Å². The summed E-state index contributed by atoms with van der Waals surface area (Å²) in [7, 11) is 0. The van der Waals surface area contributed by atoms with Gasteiger partial charge < -0.3 is 5.32 Å². The van der Waals surface area contributed by atoms with Crippen molar-refractivity contribution in [2.45, 2.75) is 18.9 Å². The minimum Gasteiger partial charge on any atom is -0.315 e. The van der Waals surface area contributed by atoms with E-state index in [0.29, 0.717) is 22.8 Å². The average molecular weight is 546 g/mol. The molecule has 2 heterocycles. The van der Waals surface area contributed by atoms with Crippen molar-refractivity contribution in [1.29, 1.82) is 0 Å².